The smallest absolute Gasteiger partial charge is 0.241 e. The van der Waals surface area contributed by atoms with Gasteiger partial charge in [0.25, 0.3) is 0 Å². The SMILES string of the molecule is C=CCOc1ccccc1CN(C(=O)CNCC(=O)NC)c1ccc2c(c1)OCCO2. The summed E-state index contributed by atoms with van der Waals surface area (Å²) in [6, 6.07) is 12.9. The van der Waals surface area contributed by atoms with Gasteiger partial charge in [-0.25, -0.2) is 0 Å². The highest BCUT2D eigenvalue weighted by Gasteiger charge is 2.21. The van der Waals surface area contributed by atoms with E-state index in [0.29, 0.717) is 42.8 Å². The number of rotatable bonds is 10. The van der Waals surface area contributed by atoms with Crippen LogP contribution < -0.4 is 29.7 Å². The Morgan fingerprint density at radius 3 is 2.68 bits per heavy atom. The molecule has 0 saturated carbocycles. The molecule has 0 fully saturated rings. The molecule has 2 aromatic rings. The van der Waals surface area contributed by atoms with Crippen molar-refractivity contribution in [2.24, 2.45) is 0 Å². The van der Waals surface area contributed by atoms with E-state index in [1.54, 1.807) is 30.2 Å². The molecular weight excluding hydrogens is 398 g/mol. The minimum absolute atomic E-state index is 0.00244. The zero-order valence-electron chi connectivity index (χ0n) is 17.6. The Labute approximate surface area is 181 Å². The van der Waals surface area contributed by atoms with Gasteiger partial charge < -0.3 is 24.4 Å². The molecular formula is C23H27N3O5. The summed E-state index contributed by atoms with van der Waals surface area (Å²) in [6.07, 6.45) is 1.67. The van der Waals surface area contributed by atoms with E-state index in [2.05, 4.69) is 17.2 Å². The van der Waals surface area contributed by atoms with Gasteiger partial charge in [-0.05, 0) is 18.2 Å². The van der Waals surface area contributed by atoms with Crippen LogP contribution in [-0.4, -0.2) is 51.8 Å². The summed E-state index contributed by atoms with van der Waals surface area (Å²) < 4.78 is 17.0. The first kappa shape index (κ1) is 22.2. The van der Waals surface area contributed by atoms with Gasteiger partial charge in [0.05, 0.1) is 19.6 Å². The molecule has 31 heavy (non-hydrogen) atoms. The third-order valence-corrected chi connectivity index (χ3v) is 4.64. The van der Waals surface area contributed by atoms with Gasteiger partial charge in [-0.3, -0.25) is 14.9 Å². The summed E-state index contributed by atoms with van der Waals surface area (Å²) in [7, 11) is 1.55. The molecule has 0 unspecified atom stereocenters. The summed E-state index contributed by atoms with van der Waals surface area (Å²) in [6.45, 7) is 5.33. The molecule has 8 nitrogen and oxygen atoms in total. The minimum Gasteiger partial charge on any atom is -0.489 e. The average Bonchev–Trinajstić information content (AvgIpc) is 2.81. The predicted molar refractivity (Wildman–Crippen MR) is 118 cm³/mol. The van der Waals surface area contributed by atoms with Gasteiger partial charge in [-0.2, -0.15) is 0 Å². The van der Waals surface area contributed by atoms with Crippen LogP contribution in [-0.2, 0) is 16.1 Å². The van der Waals surface area contributed by atoms with Crippen molar-refractivity contribution in [3.05, 3.63) is 60.7 Å². The summed E-state index contributed by atoms with van der Waals surface area (Å²) in [5.74, 6) is 1.53. The first-order chi connectivity index (χ1) is 15.1. The normalized spacial score (nSPS) is 12.0. The molecule has 8 heteroatoms. The number of hydrogen-bond acceptors (Lipinski definition) is 6. The zero-order chi connectivity index (χ0) is 22.1. The second-order valence-corrected chi connectivity index (χ2v) is 6.79. The van der Waals surface area contributed by atoms with E-state index in [9.17, 15) is 9.59 Å². The van der Waals surface area contributed by atoms with Crippen molar-refractivity contribution in [3.63, 3.8) is 0 Å². The van der Waals surface area contributed by atoms with Crippen LogP contribution in [0.3, 0.4) is 0 Å². The molecule has 0 spiro atoms. The lowest BCUT2D eigenvalue weighted by molar-refractivity contribution is -0.120. The van der Waals surface area contributed by atoms with Gasteiger partial charge in [0.15, 0.2) is 11.5 Å². The number of nitrogens with zero attached hydrogens (tertiary/aromatic N) is 1. The largest absolute Gasteiger partial charge is 0.489 e. The zero-order valence-corrected chi connectivity index (χ0v) is 17.6. The van der Waals surface area contributed by atoms with Gasteiger partial charge in [-0.1, -0.05) is 30.9 Å². The molecule has 1 aliphatic rings. The number of amides is 2. The van der Waals surface area contributed by atoms with Crippen LogP contribution in [0.2, 0.25) is 0 Å². The van der Waals surface area contributed by atoms with Crippen molar-refractivity contribution in [3.8, 4) is 17.2 Å². The number of carbonyl (C=O) groups is 2. The van der Waals surface area contributed by atoms with Gasteiger partial charge in [0, 0.05) is 24.4 Å². The second-order valence-electron chi connectivity index (χ2n) is 6.79. The lowest BCUT2D eigenvalue weighted by Gasteiger charge is -2.26. The molecule has 2 N–H and O–H groups in total. The number of likely N-dealkylation sites (N-methyl/N-ethyl adjacent to an activating group) is 1. The van der Waals surface area contributed by atoms with E-state index < -0.39 is 0 Å². The van der Waals surface area contributed by atoms with Gasteiger partial charge in [0.2, 0.25) is 11.8 Å². The van der Waals surface area contributed by atoms with Crippen molar-refractivity contribution < 1.29 is 23.8 Å². The third-order valence-electron chi connectivity index (χ3n) is 4.64. The number of fused-ring (bicyclic) bond motifs is 1. The average molecular weight is 425 g/mol. The lowest BCUT2D eigenvalue weighted by atomic mass is 10.1. The molecule has 0 radical (unpaired) electrons. The number of ether oxygens (including phenoxy) is 3. The highest BCUT2D eigenvalue weighted by Crippen LogP contribution is 2.35. The molecule has 1 aliphatic heterocycles. The van der Waals surface area contributed by atoms with Crippen LogP contribution in [0, 0.1) is 0 Å². The standard InChI is InChI=1S/C23H27N3O5/c1-3-10-29-19-7-5-4-6-17(19)16-26(23(28)15-25-14-22(27)24-2)18-8-9-20-21(13-18)31-12-11-30-20/h3-9,13,25H,1,10-12,14-16H2,2H3,(H,24,27). The topological polar surface area (TPSA) is 89.1 Å². The Balaban J connectivity index is 1.85. The van der Waals surface area contributed by atoms with Gasteiger partial charge in [0.1, 0.15) is 25.6 Å². The molecule has 2 amide bonds. The molecule has 0 aliphatic carbocycles. The summed E-state index contributed by atoms with van der Waals surface area (Å²) >= 11 is 0. The molecule has 2 aromatic carbocycles. The number of anilines is 1. The maximum Gasteiger partial charge on any atom is 0.241 e. The number of benzene rings is 2. The Bertz CT molecular complexity index is 931. The number of nitrogens with one attached hydrogen (secondary N) is 2. The van der Waals surface area contributed by atoms with Crippen LogP contribution in [0.15, 0.2) is 55.1 Å². The van der Waals surface area contributed by atoms with E-state index in [1.165, 1.54) is 0 Å². The third kappa shape index (κ3) is 5.99. The fourth-order valence-corrected chi connectivity index (χ4v) is 3.08. The van der Waals surface area contributed by atoms with Crippen LogP contribution in [0.1, 0.15) is 5.56 Å². The van der Waals surface area contributed by atoms with E-state index in [0.717, 1.165) is 5.56 Å². The van der Waals surface area contributed by atoms with Crippen LogP contribution in [0.25, 0.3) is 0 Å². The summed E-state index contributed by atoms with van der Waals surface area (Å²) in [5.41, 5.74) is 1.51. The van der Waals surface area contributed by atoms with Crippen LogP contribution >= 0.6 is 0 Å². The molecule has 0 atom stereocenters. The Kier molecular flexibility index (Phi) is 7.89. The van der Waals surface area contributed by atoms with E-state index in [1.807, 2.05) is 30.3 Å². The first-order valence-corrected chi connectivity index (χ1v) is 10.0. The van der Waals surface area contributed by atoms with Crippen LogP contribution in [0.4, 0.5) is 5.69 Å². The number of para-hydroxylation sites is 1. The summed E-state index contributed by atoms with van der Waals surface area (Å²) in [4.78, 5) is 26.2. The lowest BCUT2D eigenvalue weighted by Crippen LogP contribution is -2.41. The summed E-state index contributed by atoms with van der Waals surface area (Å²) in [5, 5.41) is 5.40. The van der Waals surface area contributed by atoms with Crippen molar-refractivity contribution in [2.45, 2.75) is 6.54 Å². The monoisotopic (exact) mass is 425 g/mol. The molecule has 164 valence electrons. The van der Waals surface area contributed by atoms with Crippen molar-refractivity contribution in [1.82, 2.24) is 10.6 Å². The van der Waals surface area contributed by atoms with E-state index in [-0.39, 0.29) is 31.4 Å². The molecule has 0 aromatic heterocycles. The Hall–Kier alpha value is -3.52. The van der Waals surface area contributed by atoms with Crippen molar-refractivity contribution >= 4 is 17.5 Å². The van der Waals surface area contributed by atoms with Gasteiger partial charge in [-0.15, -0.1) is 0 Å². The molecule has 1 heterocycles. The highest BCUT2D eigenvalue weighted by atomic mass is 16.6. The Morgan fingerprint density at radius 2 is 1.90 bits per heavy atom. The molecule has 3 rings (SSSR count). The van der Waals surface area contributed by atoms with Gasteiger partial charge >= 0.3 is 0 Å². The highest BCUT2D eigenvalue weighted by molar-refractivity contribution is 5.95. The van der Waals surface area contributed by atoms with Crippen molar-refractivity contribution in [2.75, 3.05) is 44.9 Å². The maximum atomic E-state index is 13.1. The van der Waals surface area contributed by atoms with Crippen LogP contribution in [0.5, 0.6) is 17.2 Å². The maximum absolute atomic E-state index is 13.1. The molecule has 0 bridgehead atoms. The Morgan fingerprint density at radius 1 is 1.13 bits per heavy atom. The number of hydrogen-bond donors (Lipinski definition) is 2. The second kappa shape index (κ2) is 11.0. The predicted octanol–water partition coefficient (Wildman–Crippen LogP) is 1.89. The minimum atomic E-state index is -0.195. The fraction of sp³-hybridized carbons (Fsp3) is 0.304. The first-order valence-electron chi connectivity index (χ1n) is 10.0. The quantitative estimate of drug-likeness (QED) is 0.565. The molecule has 0 saturated heterocycles. The van der Waals surface area contributed by atoms with Crippen molar-refractivity contribution in [1.29, 1.82) is 0 Å². The fourth-order valence-electron chi connectivity index (χ4n) is 3.08. The van der Waals surface area contributed by atoms with E-state index in [4.69, 9.17) is 14.2 Å². The number of carbonyl (C=O) groups excluding carboxylic acids is 2. The van der Waals surface area contributed by atoms with E-state index >= 15 is 0 Å².